The molecule has 1 aliphatic rings. The van der Waals surface area contributed by atoms with Crippen molar-refractivity contribution in [1.82, 2.24) is 0 Å². The monoisotopic (exact) mass is 253 g/mol. The van der Waals surface area contributed by atoms with Crippen molar-refractivity contribution in [3.8, 4) is 0 Å². The molecule has 2 N–H and O–H groups in total. The molecule has 0 amide bonds. The normalized spacial score (nSPS) is 25.0. The van der Waals surface area contributed by atoms with Crippen molar-refractivity contribution in [1.29, 1.82) is 0 Å². The number of hydrogen-bond acceptors (Lipinski definition) is 3. The molecule has 17 heavy (non-hydrogen) atoms. The van der Waals surface area contributed by atoms with E-state index in [1.165, 1.54) is 31.2 Å². The Morgan fingerprint density at radius 1 is 1.29 bits per heavy atom. The molecule has 0 aromatic carbocycles. The molecule has 1 aliphatic carbocycles. The molecule has 96 valence electrons. The van der Waals surface area contributed by atoms with Gasteiger partial charge in [0, 0.05) is 6.61 Å². The van der Waals surface area contributed by atoms with Gasteiger partial charge in [-0.1, -0.05) is 12.8 Å². The fourth-order valence-electron chi connectivity index (χ4n) is 2.67. The van der Waals surface area contributed by atoms with Gasteiger partial charge < -0.3 is 10.5 Å². The third kappa shape index (κ3) is 4.09. The van der Waals surface area contributed by atoms with Crippen molar-refractivity contribution in [2.24, 2.45) is 17.6 Å². The van der Waals surface area contributed by atoms with Crippen molar-refractivity contribution in [2.45, 2.75) is 32.1 Å². The van der Waals surface area contributed by atoms with Gasteiger partial charge in [-0.2, -0.15) is 11.3 Å². The Balaban J connectivity index is 1.63. The summed E-state index contributed by atoms with van der Waals surface area (Å²) in [5.41, 5.74) is 7.22. The zero-order chi connectivity index (χ0) is 11.9. The lowest BCUT2D eigenvalue weighted by Gasteiger charge is -2.30. The molecule has 1 aromatic rings. The Bertz CT molecular complexity index is 299. The highest BCUT2D eigenvalue weighted by atomic mass is 32.1. The summed E-state index contributed by atoms with van der Waals surface area (Å²) in [7, 11) is 0. The van der Waals surface area contributed by atoms with E-state index in [0.29, 0.717) is 11.8 Å². The van der Waals surface area contributed by atoms with E-state index in [-0.39, 0.29) is 0 Å². The van der Waals surface area contributed by atoms with E-state index in [2.05, 4.69) is 16.8 Å². The number of thiophene rings is 1. The smallest absolute Gasteiger partial charge is 0.0506 e. The SMILES string of the molecule is NCC1CCCCC1COCCc1ccsc1. The molecule has 3 heteroatoms. The molecule has 0 spiro atoms. The minimum absolute atomic E-state index is 0.699. The van der Waals surface area contributed by atoms with Gasteiger partial charge in [0.1, 0.15) is 0 Å². The van der Waals surface area contributed by atoms with Gasteiger partial charge in [-0.25, -0.2) is 0 Å². The maximum Gasteiger partial charge on any atom is 0.0506 e. The average molecular weight is 253 g/mol. The largest absolute Gasteiger partial charge is 0.381 e. The van der Waals surface area contributed by atoms with E-state index < -0.39 is 0 Å². The molecule has 1 heterocycles. The highest BCUT2D eigenvalue weighted by Crippen LogP contribution is 2.29. The summed E-state index contributed by atoms with van der Waals surface area (Å²) in [6, 6.07) is 2.18. The summed E-state index contributed by atoms with van der Waals surface area (Å²) in [6.07, 6.45) is 6.36. The lowest BCUT2D eigenvalue weighted by molar-refractivity contribution is 0.0628. The molecule has 2 atom stereocenters. The number of ether oxygens (including phenoxy) is 1. The fraction of sp³-hybridized carbons (Fsp3) is 0.714. The van der Waals surface area contributed by atoms with Gasteiger partial charge >= 0.3 is 0 Å². The van der Waals surface area contributed by atoms with Crippen LogP contribution in [0.5, 0.6) is 0 Å². The minimum Gasteiger partial charge on any atom is -0.381 e. The molecular weight excluding hydrogens is 230 g/mol. The maximum atomic E-state index is 5.83. The first kappa shape index (κ1) is 13.1. The van der Waals surface area contributed by atoms with Crippen LogP contribution in [-0.4, -0.2) is 19.8 Å². The van der Waals surface area contributed by atoms with Crippen LogP contribution in [0.1, 0.15) is 31.2 Å². The summed E-state index contributed by atoms with van der Waals surface area (Å²) < 4.78 is 5.83. The van der Waals surface area contributed by atoms with Crippen molar-refractivity contribution in [3.63, 3.8) is 0 Å². The van der Waals surface area contributed by atoms with Crippen molar-refractivity contribution < 1.29 is 4.74 Å². The van der Waals surface area contributed by atoms with E-state index in [0.717, 1.165) is 26.2 Å². The predicted molar refractivity (Wildman–Crippen MR) is 73.3 cm³/mol. The molecule has 2 nitrogen and oxygen atoms in total. The van der Waals surface area contributed by atoms with Crippen LogP contribution in [0.2, 0.25) is 0 Å². The van der Waals surface area contributed by atoms with Crippen LogP contribution in [0, 0.1) is 11.8 Å². The molecule has 0 radical (unpaired) electrons. The second-order valence-corrected chi connectivity index (χ2v) is 5.78. The van der Waals surface area contributed by atoms with Crippen LogP contribution in [0.25, 0.3) is 0 Å². The zero-order valence-corrected chi connectivity index (χ0v) is 11.3. The van der Waals surface area contributed by atoms with Gasteiger partial charge in [0.15, 0.2) is 0 Å². The lowest BCUT2D eigenvalue weighted by Crippen LogP contribution is -2.30. The van der Waals surface area contributed by atoms with Gasteiger partial charge in [0.25, 0.3) is 0 Å². The first-order valence-electron chi connectivity index (χ1n) is 6.69. The van der Waals surface area contributed by atoms with Crippen LogP contribution < -0.4 is 5.73 Å². The molecular formula is C14H23NOS. The van der Waals surface area contributed by atoms with Crippen molar-refractivity contribution in [2.75, 3.05) is 19.8 Å². The Morgan fingerprint density at radius 2 is 2.12 bits per heavy atom. The van der Waals surface area contributed by atoms with Gasteiger partial charge in [-0.05, 0) is 60.0 Å². The second-order valence-electron chi connectivity index (χ2n) is 5.00. The third-order valence-electron chi connectivity index (χ3n) is 3.82. The summed E-state index contributed by atoms with van der Waals surface area (Å²) in [5.74, 6) is 1.40. The number of hydrogen-bond donors (Lipinski definition) is 1. The van der Waals surface area contributed by atoms with Crippen LogP contribution in [0.3, 0.4) is 0 Å². The minimum atomic E-state index is 0.699. The standard InChI is InChI=1S/C14H23NOS/c15-9-13-3-1-2-4-14(13)10-16-7-5-12-6-8-17-11-12/h6,8,11,13-14H,1-5,7,9-10,15H2. The highest BCUT2D eigenvalue weighted by Gasteiger charge is 2.23. The van der Waals surface area contributed by atoms with E-state index in [1.807, 2.05) is 0 Å². The summed E-state index contributed by atoms with van der Waals surface area (Å²) >= 11 is 1.76. The molecule has 1 aromatic heterocycles. The lowest BCUT2D eigenvalue weighted by atomic mass is 9.80. The fourth-order valence-corrected chi connectivity index (χ4v) is 3.38. The average Bonchev–Trinajstić information content (AvgIpc) is 2.88. The van der Waals surface area contributed by atoms with Crippen molar-refractivity contribution >= 4 is 11.3 Å². The Labute approximate surface area is 108 Å². The Hall–Kier alpha value is -0.380. The second kappa shape index (κ2) is 7.14. The Morgan fingerprint density at radius 3 is 2.82 bits per heavy atom. The number of nitrogens with two attached hydrogens (primary N) is 1. The molecule has 0 aliphatic heterocycles. The van der Waals surface area contributed by atoms with Gasteiger partial charge in [0.05, 0.1) is 6.61 Å². The molecule has 0 bridgehead atoms. The molecule has 1 saturated carbocycles. The van der Waals surface area contributed by atoms with E-state index in [4.69, 9.17) is 10.5 Å². The predicted octanol–water partition coefficient (Wildman–Crippen LogP) is 3.07. The van der Waals surface area contributed by atoms with Crippen molar-refractivity contribution in [3.05, 3.63) is 22.4 Å². The molecule has 0 saturated heterocycles. The van der Waals surface area contributed by atoms with Gasteiger partial charge in [-0.3, -0.25) is 0 Å². The van der Waals surface area contributed by atoms with Crippen LogP contribution in [0.4, 0.5) is 0 Å². The first-order valence-corrected chi connectivity index (χ1v) is 7.63. The third-order valence-corrected chi connectivity index (χ3v) is 4.55. The molecule has 2 rings (SSSR count). The molecule has 1 fully saturated rings. The van der Waals surface area contributed by atoms with E-state index >= 15 is 0 Å². The van der Waals surface area contributed by atoms with Crippen LogP contribution in [0.15, 0.2) is 16.8 Å². The zero-order valence-electron chi connectivity index (χ0n) is 10.4. The number of rotatable bonds is 6. The summed E-state index contributed by atoms with van der Waals surface area (Å²) in [5, 5.41) is 4.33. The van der Waals surface area contributed by atoms with Crippen LogP contribution in [-0.2, 0) is 11.2 Å². The van der Waals surface area contributed by atoms with E-state index in [9.17, 15) is 0 Å². The van der Waals surface area contributed by atoms with Gasteiger partial charge in [0.2, 0.25) is 0 Å². The first-order chi connectivity index (χ1) is 8.40. The highest BCUT2D eigenvalue weighted by molar-refractivity contribution is 7.07. The summed E-state index contributed by atoms with van der Waals surface area (Å²) in [4.78, 5) is 0. The summed E-state index contributed by atoms with van der Waals surface area (Å²) in [6.45, 7) is 2.59. The van der Waals surface area contributed by atoms with Gasteiger partial charge in [-0.15, -0.1) is 0 Å². The van der Waals surface area contributed by atoms with Crippen LogP contribution >= 0.6 is 11.3 Å². The topological polar surface area (TPSA) is 35.2 Å². The molecule has 2 unspecified atom stereocenters. The quantitative estimate of drug-likeness (QED) is 0.791. The maximum absolute atomic E-state index is 5.83. The van der Waals surface area contributed by atoms with E-state index in [1.54, 1.807) is 11.3 Å². The Kier molecular flexibility index (Phi) is 5.49.